The van der Waals surface area contributed by atoms with E-state index in [2.05, 4.69) is 10.1 Å². The molecule has 0 atom stereocenters. The maximum Gasteiger partial charge on any atom is 0.337 e. The number of amides is 4. The molecule has 9 rings (SSSR count). The van der Waals surface area contributed by atoms with Crippen LogP contribution in [0, 0.1) is 0 Å². The lowest BCUT2D eigenvalue weighted by atomic mass is 10.1. The van der Waals surface area contributed by atoms with Gasteiger partial charge >= 0.3 is 11.9 Å². The molecule has 19 nitrogen and oxygen atoms in total. The summed E-state index contributed by atoms with van der Waals surface area (Å²) in [6, 6.07) is 36.8. The number of carbonyl (C=O) groups excluding carboxylic acids is 6. The van der Waals surface area contributed by atoms with E-state index in [-0.39, 0.29) is 43.1 Å². The molecule has 3 aliphatic heterocycles. The van der Waals surface area contributed by atoms with Crippen LogP contribution in [0.5, 0.6) is 34.5 Å². The number of methoxy groups -OCH3 is 5. The van der Waals surface area contributed by atoms with E-state index in [0.717, 1.165) is 33.9 Å². The molecule has 20 heteroatoms. The summed E-state index contributed by atoms with van der Waals surface area (Å²) in [6.07, 6.45) is 0. The third-order valence-corrected chi connectivity index (χ3v) is 11.2. The second kappa shape index (κ2) is 25.9. The maximum absolute atomic E-state index is 12.3. The second-order valence-electron chi connectivity index (χ2n) is 15.6. The van der Waals surface area contributed by atoms with Gasteiger partial charge in [-0.05, 0) is 108 Å². The quantitative estimate of drug-likeness (QED) is 0.0498. The number of alkyl halides is 1. The zero-order chi connectivity index (χ0) is 52.4. The van der Waals surface area contributed by atoms with Crippen molar-refractivity contribution in [3.05, 3.63) is 161 Å². The fourth-order valence-corrected chi connectivity index (χ4v) is 7.25. The number of esters is 2. The van der Waals surface area contributed by atoms with Crippen LogP contribution in [0.25, 0.3) is 0 Å². The average Bonchev–Trinajstić information content (AvgIpc) is 3.44. The number of hydrogen-bond donors (Lipinski definition) is 3. The molecule has 3 heterocycles. The predicted octanol–water partition coefficient (Wildman–Crippen LogP) is 7.39. The molecule has 380 valence electrons. The molecular weight excluding hydrogens is 968 g/mol. The van der Waals surface area contributed by atoms with Gasteiger partial charge in [-0.2, -0.15) is 0 Å². The van der Waals surface area contributed by atoms with Crippen LogP contribution >= 0.6 is 11.6 Å². The number of halogens is 1. The number of hydrogen-bond acceptors (Lipinski definition) is 15. The fourth-order valence-electron chi connectivity index (χ4n) is 7.07. The first-order chi connectivity index (χ1) is 35.3. The largest absolute Gasteiger partial charge is 0.497 e. The van der Waals surface area contributed by atoms with Crippen molar-refractivity contribution in [3.8, 4) is 34.5 Å². The van der Waals surface area contributed by atoms with Gasteiger partial charge in [0.2, 0.25) is 0 Å². The highest BCUT2D eigenvalue weighted by molar-refractivity contribution is 6.17. The first-order valence-electron chi connectivity index (χ1n) is 22.1. The first-order valence-corrected chi connectivity index (χ1v) is 22.6. The Balaban J connectivity index is 0.000000167. The second-order valence-corrected chi connectivity index (χ2v) is 15.8. The number of nitrogens with zero attached hydrogens (tertiary/aromatic N) is 2. The molecule has 0 aromatic heterocycles. The lowest BCUT2D eigenvalue weighted by molar-refractivity contribution is -0.122. The van der Waals surface area contributed by atoms with Gasteiger partial charge in [-0.3, -0.25) is 24.4 Å². The fraction of sp³-hybridized carbons (Fsp3) is 0.208. The normalized spacial score (nSPS) is 12.7. The summed E-state index contributed by atoms with van der Waals surface area (Å²) in [5, 5.41) is 11.4. The molecular formula is C53H51ClN4O15. The van der Waals surface area contributed by atoms with Gasteiger partial charge in [0.05, 0.1) is 76.8 Å². The Hall–Kier alpha value is -8.81. The summed E-state index contributed by atoms with van der Waals surface area (Å²) in [5.74, 6) is 2.38. The Morgan fingerprint density at radius 1 is 0.548 bits per heavy atom. The van der Waals surface area contributed by atoms with E-state index in [1.807, 2.05) is 72.8 Å². The Bertz CT molecular complexity index is 2760. The number of ether oxygens (including phenoxy) is 8. The highest BCUT2D eigenvalue weighted by atomic mass is 35.5. The summed E-state index contributed by atoms with van der Waals surface area (Å²) in [6.45, 7) is 0.632. The molecule has 0 aliphatic carbocycles. The van der Waals surface area contributed by atoms with Gasteiger partial charge in [-0.25, -0.2) is 15.1 Å². The molecule has 6 aromatic carbocycles. The smallest absolute Gasteiger partial charge is 0.337 e. The number of rotatable bonds is 11. The van der Waals surface area contributed by atoms with Gasteiger partial charge in [-0.15, -0.1) is 11.6 Å². The van der Waals surface area contributed by atoms with Crippen LogP contribution in [-0.2, 0) is 42.8 Å². The molecule has 3 N–H and O–H groups in total. The van der Waals surface area contributed by atoms with Gasteiger partial charge in [0.25, 0.3) is 23.6 Å². The van der Waals surface area contributed by atoms with Crippen molar-refractivity contribution in [2.45, 2.75) is 19.0 Å². The van der Waals surface area contributed by atoms with Crippen LogP contribution in [0.1, 0.15) is 47.8 Å². The van der Waals surface area contributed by atoms with Crippen LogP contribution < -0.4 is 49.0 Å². The van der Waals surface area contributed by atoms with Crippen molar-refractivity contribution in [2.75, 3.05) is 70.5 Å². The van der Waals surface area contributed by atoms with E-state index in [1.54, 1.807) is 73.0 Å². The third kappa shape index (κ3) is 14.2. The molecule has 0 fully saturated rings. The van der Waals surface area contributed by atoms with E-state index >= 15 is 0 Å². The molecule has 4 amide bonds. The van der Waals surface area contributed by atoms with Gasteiger partial charge in [0.1, 0.15) is 34.5 Å². The summed E-state index contributed by atoms with van der Waals surface area (Å²) in [4.78, 5) is 73.3. The van der Waals surface area contributed by atoms with E-state index < -0.39 is 17.8 Å². The molecule has 73 heavy (non-hydrogen) atoms. The summed E-state index contributed by atoms with van der Waals surface area (Å²) < 4.78 is 40.5. The topological polar surface area (TPSA) is 227 Å². The highest BCUT2D eigenvalue weighted by Crippen LogP contribution is 2.36. The predicted molar refractivity (Wildman–Crippen MR) is 267 cm³/mol. The lowest BCUT2D eigenvalue weighted by Gasteiger charge is -2.29. The Kier molecular flexibility index (Phi) is 19.0. The van der Waals surface area contributed by atoms with E-state index in [9.17, 15) is 28.8 Å². The molecule has 0 saturated carbocycles. The van der Waals surface area contributed by atoms with E-state index in [4.69, 9.17) is 50.0 Å². The van der Waals surface area contributed by atoms with Crippen LogP contribution in [0.15, 0.2) is 127 Å². The van der Waals surface area contributed by atoms with Crippen LogP contribution in [0.2, 0.25) is 0 Å². The van der Waals surface area contributed by atoms with Crippen LogP contribution in [0.4, 0.5) is 17.1 Å². The zero-order valence-corrected chi connectivity index (χ0v) is 41.1. The number of benzene rings is 6. The van der Waals surface area contributed by atoms with Crippen molar-refractivity contribution in [3.63, 3.8) is 0 Å². The maximum atomic E-state index is 12.3. The van der Waals surface area contributed by atoms with Gasteiger partial charge in [-0.1, -0.05) is 36.4 Å². The van der Waals surface area contributed by atoms with Crippen molar-refractivity contribution in [1.82, 2.24) is 5.48 Å². The standard InChI is InChI=1S/C18H17NO5.C17H16N2O5.C10H9NO4.C8H9ClO/c1-22-14-6-3-12(4-7-14)10-19-15-9-13(18(21)23-2)5-8-16(15)24-11-17(19)20;1-23-13-5-2-11(3-6-13)9-19-14-8-12(17(21)18-22)4-7-15(14)24-10-16(19)20;1-14-10(13)6-2-3-8-7(4-6)11-9(12)5-15-8;1-10-8-4-2-7(6-9)3-5-8/h3-9H,10-11H2,1-2H3;2-8,22H,9-10H2,1H3,(H,18,21);2-4H,5H2,1H3,(H,11,12);2-5H,6H2,1H3. The van der Waals surface area contributed by atoms with Crippen LogP contribution in [-0.4, -0.2) is 96.1 Å². The number of nitrogens with one attached hydrogen (secondary N) is 2. The average molecular weight is 1020 g/mol. The Morgan fingerprint density at radius 3 is 1.37 bits per heavy atom. The molecule has 0 saturated heterocycles. The third-order valence-electron chi connectivity index (χ3n) is 10.9. The summed E-state index contributed by atoms with van der Waals surface area (Å²) >= 11 is 5.58. The van der Waals surface area contributed by atoms with Gasteiger partial charge in [0.15, 0.2) is 19.8 Å². The minimum Gasteiger partial charge on any atom is -0.497 e. The van der Waals surface area contributed by atoms with Crippen molar-refractivity contribution >= 4 is 64.2 Å². The highest BCUT2D eigenvalue weighted by Gasteiger charge is 2.28. The Morgan fingerprint density at radius 2 is 0.945 bits per heavy atom. The van der Waals surface area contributed by atoms with E-state index in [0.29, 0.717) is 64.4 Å². The minimum absolute atomic E-state index is 0.00453. The molecule has 0 spiro atoms. The lowest BCUT2D eigenvalue weighted by Crippen LogP contribution is -2.38. The number of carbonyl (C=O) groups is 6. The SMILES string of the molecule is COC(=O)c1ccc2c(c1)N(Cc1ccc(OC)cc1)C(=O)CO2.COC(=O)c1ccc2c(c1)NC(=O)CO2.COc1ccc(CCl)cc1.COc1ccc(CN2C(=O)COc3ccc(C(=O)NO)cc32)cc1. The van der Waals surface area contributed by atoms with E-state index in [1.165, 1.54) is 32.4 Å². The molecule has 0 bridgehead atoms. The monoisotopic (exact) mass is 1020 g/mol. The van der Waals surface area contributed by atoms with Crippen molar-refractivity contribution < 1.29 is 71.9 Å². The number of hydroxylamine groups is 1. The van der Waals surface area contributed by atoms with Crippen LogP contribution in [0.3, 0.4) is 0 Å². The number of anilines is 3. The van der Waals surface area contributed by atoms with Gasteiger partial charge in [0, 0.05) is 11.4 Å². The molecule has 0 radical (unpaired) electrons. The Labute approximate surface area is 424 Å². The molecule has 6 aromatic rings. The summed E-state index contributed by atoms with van der Waals surface area (Å²) in [7, 11) is 7.46. The molecule has 3 aliphatic rings. The first kappa shape index (κ1) is 53.5. The zero-order valence-electron chi connectivity index (χ0n) is 40.3. The number of fused-ring (bicyclic) bond motifs is 3. The minimum atomic E-state index is -0.653. The van der Waals surface area contributed by atoms with Crippen molar-refractivity contribution in [2.24, 2.45) is 0 Å². The van der Waals surface area contributed by atoms with Gasteiger partial charge < -0.3 is 53.0 Å². The summed E-state index contributed by atoms with van der Waals surface area (Å²) in [5.41, 5.74) is 7.07. The molecule has 0 unspecified atom stereocenters. The van der Waals surface area contributed by atoms with Crippen molar-refractivity contribution in [1.29, 1.82) is 0 Å².